The van der Waals surface area contributed by atoms with E-state index in [9.17, 15) is 0 Å². The summed E-state index contributed by atoms with van der Waals surface area (Å²) in [4.78, 5) is 8.32. The molecule has 0 aliphatic carbocycles. The van der Waals surface area contributed by atoms with Crippen molar-refractivity contribution in [2.24, 2.45) is 0 Å². The topological polar surface area (TPSA) is 37.8 Å². The van der Waals surface area contributed by atoms with Gasteiger partial charge in [0.15, 0.2) is 0 Å². The molecule has 3 nitrogen and oxygen atoms in total. The van der Waals surface area contributed by atoms with Gasteiger partial charge >= 0.3 is 0 Å². The molecule has 0 saturated carbocycles. The molecule has 0 radical (unpaired) electrons. The monoisotopic (exact) mass is 291 g/mol. The van der Waals surface area contributed by atoms with Crippen molar-refractivity contribution in [2.45, 2.75) is 12.5 Å². The highest BCUT2D eigenvalue weighted by Gasteiger charge is 2.10. The number of rotatable bonds is 4. The van der Waals surface area contributed by atoms with Crippen LogP contribution in [0.2, 0.25) is 0 Å². The second-order valence-corrected chi connectivity index (χ2v) is 4.76. The smallest absolute Gasteiger partial charge is 0.0410 e. The molecule has 0 amide bonds. The fraction of sp³-hybridized carbons (Fsp3) is 0.231. The number of hydrogen-bond acceptors (Lipinski definition) is 3. The van der Waals surface area contributed by atoms with Crippen molar-refractivity contribution >= 4 is 15.9 Å². The van der Waals surface area contributed by atoms with Gasteiger partial charge in [0, 0.05) is 35.3 Å². The lowest BCUT2D eigenvalue weighted by molar-refractivity contribution is 0.588. The number of hydrogen-bond donors (Lipinski definition) is 1. The van der Waals surface area contributed by atoms with Gasteiger partial charge < -0.3 is 5.32 Å². The van der Waals surface area contributed by atoms with Crippen molar-refractivity contribution in [3.8, 4) is 0 Å². The van der Waals surface area contributed by atoms with Crippen molar-refractivity contribution in [2.75, 3.05) is 7.05 Å². The number of halogens is 1. The molecule has 2 aromatic heterocycles. The Hall–Kier alpha value is -1.26. The summed E-state index contributed by atoms with van der Waals surface area (Å²) in [6.07, 6.45) is 8.28. The van der Waals surface area contributed by atoms with Crippen molar-refractivity contribution in [1.29, 1.82) is 0 Å². The summed E-state index contributed by atoms with van der Waals surface area (Å²) in [6, 6.07) is 6.39. The minimum absolute atomic E-state index is 0.254. The highest BCUT2D eigenvalue weighted by Crippen LogP contribution is 2.19. The molecule has 17 heavy (non-hydrogen) atoms. The first-order valence-electron chi connectivity index (χ1n) is 5.46. The van der Waals surface area contributed by atoms with Gasteiger partial charge in [-0.3, -0.25) is 9.97 Å². The molecule has 88 valence electrons. The first kappa shape index (κ1) is 12.2. The standard InChI is InChI=1S/C13H14BrN3/c1-15-13(5-10-3-2-4-16-7-10)11-6-12(14)9-17-8-11/h2-4,6-9,13,15H,5H2,1H3. The maximum Gasteiger partial charge on any atom is 0.0410 e. The van der Waals surface area contributed by atoms with Gasteiger partial charge in [-0.25, -0.2) is 0 Å². The average Bonchev–Trinajstić information content (AvgIpc) is 2.37. The van der Waals surface area contributed by atoms with E-state index in [-0.39, 0.29) is 6.04 Å². The lowest BCUT2D eigenvalue weighted by Gasteiger charge is -2.16. The van der Waals surface area contributed by atoms with Crippen LogP contribution in [0.1, 0.15) is 17.2 Å². The first-order valence-corrected chi connectivity index (χ1v) is 6.25. The van der Waals surface area contributed by atoms with Crippen molar-refractivity contribution in [3.63, 3.8) is 0 Å². The molecule has 0 spiro atoms. The molecule has 2 aromatic rings. The van der Waals surface area contributed by atoms with Crippen LogP contribution >= 0.6 is 15.9 Å². The molecule has 2 heterocycles. The molecular formula is C13H14BrN3. The van der Waals surface area contributed by atoms with Crippen LogP contribution in [0.25, 0.3) is 0 Å². The lowest BCUT2D eigenvalue weighted by atomic mass is 10.0. The van der Waals surface area contributed by atoms with E-state index < -0.39 is 0 Å². The number of aromatic nitrogens is 2. The van der Waals surface area contributed by atoms with Gasteiger partial charge in [0.05, 0.1) is 0 Å². The molecule has 1 N–H and O–H groups in total. The zero-order valence-corrected chi connectivity index (χ0v) is 11.2. The van der Waals surface area contributed by atoms with Gasteiger partial charge in [0.25, 0.3) is 0 Å². The van der Waals surface area contributed by atoms with Crippen LogP contribution in [-0.2, 0) is 6.42 Å². The summed E-state index contributed by atoms with van der Waals surface area (Å²) < 4.78 is 1.00. The Morgan fingerprint density at radius 1 is 1.29 bits per heavy atom. The van der Waals surface area contributed by atoms with E-state index in [2.05, 4.69) is 43.3 Å². The van der Waals surface area contributed by atoms with Crippen molar-refractivity contribution < 1.29 is 0 Å². The minimum Gasteiger partial charge on any atom is -0.313 e. The normalized spacial score (nSPS) is 12.4. The highest BCUT2D eigenvalue weighted by molar-refractivity contribution is 9.10. The molecule has 0 fully saturated rings. The van der Waals surface area contributed by atoms with Gasteiger partial charge in [-0.1, -0.05) is 6.07 Å². The Balaban J connectivity index is 2.17. The van der Waals surface area contributed by atoms with Crippen molar-refractivity contribution in [3.05, 3.63) is 58.6 Å². The van der Waals surface area contributed by atoms with Crippen LogP contribution < -0.4 is 5.32 Å². The molecule has 0 saturated heterocycles. The second kappa shape index (κ2) is 5.89. The summed E-state index contributed by atoms with van der Waals surface area (Å²) in [7, 11) is 1.96. The Bertz CT molecular complexity index is 473. The average molecular weight is 292 g/mol. The van der Waals surface area contributed by atoms with Crippen LogP contribution in [0.3, 0.4) is 0 Å². The number of nitrogens with one attached hydrogen (secondary N) is 1. The third-order valence-electron chi connectivity index (χ3n) is 2.64. The lowest BCUT2D eigenvalue weighted by Crippen LogP contribution is -2.19. The Morgan fingerprint density at radius 3 is 2.82 bits per heavy atom. The van der Waals surface area contributed by atoms with E-state index in [1.54, 1.807) is 12.4 Å². The van der Waals surface area contributed by atoms with Crippen molar-refractivity contribution in [1.82, 2.24) is 15.3 Å². The SMILES string of the molecule is CNC(Cc1cccnc1)c1cncc(Br)c1. The summed E-state index contributed by atoms with van der Waals surface area (Å²) in [6.45, 7) is 0. The van der Waals surface area contributed by atoms with Crippen LogP contribution in [0.15, 0.2) is 47.5 Å². The fourth-order valence-corrected chi connectivity index (χ4v) is 2.14. The summed E-state index contributed by atoms with van der Waals surface area (Å²) in [5.41, 5.74) is 2.39. The van der Waals surface area contributed by atoms with Crippen LogP contribution in [0.5, 0.6) is 0 Å². The quantitative estimate of drug-likeness (QED) is 0.941. The third kappa shape index (κ3) is 3.35. The van der Waals surface area contributed by atoms with Gasteiger partial charge in [-0.05, 0) is 52.7 Å². The first-order chi connectivity index (χ1) is 8.29. The van der Waals surface area contributed by atoms with E-state index in [0.717, 1.165) is 10.9 Å². The zero-order valence-electron chi connectivity index (χ0n) is 9.60. The molecule has 1 unspecified atom stereocenters. The molecular weight excluding hydrogens is 278 g/mol. The molecule has 1 atom stereocenters. The van der Waals surface area contributed by atoms with Gasteiger partial charge in [0.2, 0.25) is 0 Å². The van der Waals surface area contributed by atoms with E-state index in [4.69, 9.17) is 0 Å². The van der Waals surface area contributed by atoms with Gasteiger partial charge in [-0.15, -0.1) is 0 Å². The van der Waals surface area contributed by atoms with E-state index >= 15 is 0 Å². The molecule has 0 aromatic carbocycles. The Morgan fingerprint density at radius 2 is 2.18 bits per heavy atom. The summed E-state index contributed by atoms with van der Waals surface area (Å²) in [5.74, 6) is 0. The number of likely N-dealkylation sites (N-methyl/N-ethyl adjacent to an activating group) is 1. The molecule has 2 rings (SSSR count). The number of pyridine rings is 2. The predicted octanol–water partition coefficient (Wildman–Crippen LogP) is 2.74. The van der Waals surface area contributed by atoms with E-state index in [1.807, 2.05) is 25.5 Å². The van der Waals surface area contributed by atoms with E-state index in [0.29, 0.717) is 0 Å². The maximum absolute atomic E-state index is 4.19. The number of nitrogens with zero attached hydrogens (tertiary/aromatic N) is 2. The highest BCUT2D eigenvalue weighted by atomic mass is 79.9. The molecule has 4 heteroatoms. The van der Waals surface area contributed by atoms with Crippen LogP contribution in [0.4, 0.5) is 0 Å². The molecule has 0 bridgehead atoms. The molecule has 0 aliphatic heterocycles. The fourth-order valence-electron chi connectivity index (χ4n) is 1.76. The Labute approximate surface area is 109 Å². The summed E-state index contributed by atoms with van der Waals surface area (Å²) in [5, 5.41) is 3.31. The third-order valence-corrected chi connectivity index (χ3v) is 3.07. The van der Waals surface area contributed by atoms with Crippen LogP contribution in [0, 0.1) is 0 Å². The molecule has 0 aliphatic rings. The van der Waals surface area contributed by atoms with Gasteiger partial charge in [-0.2, -0.15) is 0 Å². The van der Waals surface area contributed by atoms with Crippen LogP contribution in [-0.4, -0.2) is 17.0 Å². The minimum atomic E-state index is 0.254. The largest absolute Gasteiger partial charge is 0.313 e. The van der Waals surface area contributed by atoms with E-state index in [1.165, 1.54) is 11.1 Å². The second-order valence-electron chi connectivity index (χ2n) is 3.84. The summed E-state index contributed by atoms with van der Waals surface area (Å²) >= 11 is 3.44. The van der Waals surface area contributed by atoms with Gasteiger partial charge in [0.1, 0.15) is 0 Å². The predicted molar refractivity (Wildman–Crippen MR) is 71.7 cm³/mol. The maximum atomic E-state index is 4.19. The zero-order chi connectivity index (χ0) is 12.1. The Kier molecular flexibility index (Phi) is 4.23.